The molecule has 198 valence electrons. The molecule has 3 unspecified atom stereocenters. The SMILES string of the molecule is CC[C@H](C)[C@H](CO)N1C(=O)[C@@H]2[C@H](C(=O)Nc3ccccc3)[C@@]3(C)OC2(CC3C)C1C(=O)NC(C)(C)C. The third-order valence-electron chi connectivity index (χ3n) is 8.67. The third-order valence-corrected chi connectivity index (χ3v) is 8.67. The largest absolute Gasteiger partial charge is 0.394 e. The molecule has 3 amide bonds. The molecule has 3 saturated heterocycles. The molecule has 3 heterocycles. The molecule has 1 aromatic rings. The summed E-state index contributed by atoms with van der Waals surface area (Å²) in [7, 11) is 0. The van der Waals surface area contributed by atoms with Crippen LogP contribution in [0.1, 0.15) is 61.3 Å². The van der Waals surface area contributed by atoms with Gasteiger partial charge in [-0.1, -0.05) is 45.4 Å². The zero-order valence-electron chi connectivity index (χ0n) is 22.5. The van der Waals surface area contributed by atoms with Crippen LogP contribution in [-0.4, -0.2) is 63.2 Å². The van der Waals surface area contributed by atoms with Crippen LogP contribution in [0.15, 0.2) is 30.3 Å². The van der Waals surface area contributed by atoms with Gasteiger partial charge in [0.15, 0.2) is 0 Å². The molecular weight excluding hydrogens is 458 g/mol. The summed E-state index contributed by atoms with van der Waals surface area (Å²) in [4.78, 5) is 43.5. The first-order chi connectivity index (χ1) is 16.8. The number of likely N-dealkylation sites (tertiary alicyclic amines) is 1. The standard InChI is InChI=1S/C28H41N3O5/c1-8-16(2)19(15-32)31-22(24(34)30-26(4,5)6)28-14-17(3)27(7,36-28)20(21(28)25(31)35)23(33)29-18-12-10-9-11-13-18/h9-13,16-17,19-22,32H,8,14-15H2,1-7H3,(H,29,33)(H,30,34)/t16-,17?,19-,20+,21-,22?,27-,28?/m0/s1. The Morgan fingerprint density at radius 2 is 1.86 bits per heavy atom. The predicted molar refractivity (Wildman–Crippen MR) is 137 cm³/mol. The fraction of sp³-hybridized carbons (Fsp3) is 0.679. The zero-order chi connectivity index (χ0) is 26.6. The molecule has 8 nitrogen and oxygen atoms in total. The first-order valence-corrected chi connectivity index (χ1v) is 13.1. The third kappa shape index (κ3) is 4.02. The second-order valence-electron chi connectivity index (χ2n) is 12.2. The highest BCUT2D eigenvalue weighted by molar-refractivity contribution is 6.02. The van der Waals surface area contributed by atoms with Gasteiger partial charge in [0.2, 0.25) is 17.7 Å². The summed E-state index contributed by atoms with van der Waals surface area (Å²) in [5.41, 5.74) is -1.91. The number of hydrogen-bond acceptors (Lipinski definition) is 5. The number of aliphatic hydroxyl groups is 1. The Morgan fingerprint density at radius 1 is 1.22 bits per heavy atom. The molecule has 0 radical (unpaired) electrons. The number of ether oxygens (including phenoxy) is 1. The normalized spacial score (nSPS) is 34.9. The van der Waals surface area contributed by atoms with Crippen LogP contribution in [0.2, 0.25) is 0 Å². The number of rotatable bonds is 7. The van der Waals surface area contributed by atoms with Crippen molar-refractivity contribution in [2.24, 2.45) is 23.7 Å². The molecule has 3 aliphatic rings. The first-order valence-electron chi connectivity index (χ1n) is 13.1. The maximum Gasteiger partial charge on any atom is 0.246 e. The molecule has 0 aliphatic carbocycles. The van der Waals surface area contributed by atoms with Crippen LogP contribution < -0.4 is 10.6 Å². The van der Waals surface area contributed by atoms with Crippen molar-refractivity contribution in [3.8, 4) is 0 Å². The van der Waals surface area contributed by atoms with Gasteiger partial charge >= 0.3 is 0 Å². The lowest BCUT2D eigenvalue weighted by molar-refractivity contribution is -0.151. The summed E-state index contributed by atoms with van der Waals surface area (Å²) in [6, 6.07) is 7.68. The average Bonchev–Trinajstić information content (AvgIpc) is 3.31. The van der Waals surface area contributed by atoms with Crippen LogP contribution in [0.3, 0.4) is 0 Å². The number of hydrogen-bond donors (Lipinski definition) is 3. The van der Waals surface area contributed by atoms with Crippen LogP contribution in [0.5, 0.6) is 0 Å². The second kappa shape index (κ2) is 9.14. The minimum Gasteiger partial charge on any atom is -0.394 e. The smallest absolute Gasteiger partial charge is 0.246 e. The molecule has 3 fully saturated rings. The Balaban J connectivity index is 1.81. The van der Waals surface area contributed by atoms with Crippen LogP contribution in [0.25, 0.3) is 0 Å². The molecule has 4 rings (SSSR count). The highest BCUT2D eigenvalue weighted by Crippen LogP contribution is 2.65. The molecule has 3 N–H and O–H groups in total. The molecule has 36 heavy (non-hydrogen) atoms. The lowest BCUT2D eigenvalue weighted by atomic mass is 9.62. The van der Waals surface area contributed by atoms with E-state index in [1.807, 2.05) is 66.7 Å². The van der Waals surface area contributed by atoms with Gasteiger partial charge < -0.3 is 25.4 Å². The molecule has 8 heteroatoms. The van der Waals surface area contributed by atoms with Gasteiger partial charge in [0, 0.05) is 11.2 Å². The summed E-state index contributed by atoms with van der Waals surface area (Å²) in [6.45, 7) is 13.3. The van der Waals surface area contributed by atoms with Crippen molar-refractivity contribution in [1.82, 2.24) is 10.2 Å². The van der Waals surface area contributed by atoms with Crippen LogP contribution >= 0.6 is 0 Å². The maximum absolute atomic E-state index is 14.3. The molecule has 1 spiro atoms. The highest BCUT2D eigenvalue weighted by atomic mass is 16.5. The molecule has 0 saturated carbocycles. The van der Waals surface area contributed by atoms with Gasteiger partial charge in [0.25, 0.3) is 0 Å². The Hall–Kier alpha value is -2.45. The number of carbonyl (C=O) groups is 3. The topological polar surface area (TPSA) is 108 Å². The van der Waals surface area contributed by atoms with Gasteiger partial charge in [-0.05, 0) is 58.1 Å². The molecule has 8 atom stereocenters. The van der Waals surface area contributed by atoms with E-state index in [0.717, 1.165) is 6.42 Å². The number of aliphatic hydroxyl groups excluding tert-OH is 1. The summed E-state index contributed by atoms with van der Waals surface area (Å²) >= 11 is 0. The van der Waals surface area contributed by atoms with Crippen molar-refractivity contribution in [3.63, 3.8) is 0 Å². The van der Waals surface area contributed by atoms with Gasteiger partial charge in [0.1, 0.15) is 11.6 Å². The number of para-hydroxylation sites is 1. The number of carbonyl (C=O) groups excluding carboxylic acids is 3. The van der Waals surface area contributed by atoms with Gasteiger partial charge in [-0.3, -0.25) is 14.4 Å². The van der Waals surface area contributed by atoms with E-state index in [2.05, 4.69) is 10.6 Å². The van der Waals surface area contributed by atoms with Gasteiger partial charge in [-0.2, -0.15) is 0 Å². The number of benzene rings is 1. The minimum absolute atomic E-state index is 0.0408. The summed E-state index contributed by atoms with van der Waals surface area (Å²) in [5.74, 6) is -2.53. The fourth-order valence-corrected chi connectivity index (χ4v) is 6.73. The summed E-state index contributed by atoms with van der Waals surface area (Å²) in [5, 5.41) is 16.4. The lowest BCUT2D eigenvalue weighted by Crippen LogP contribution is -2.61. The quantitative estimate of drug-likeness (QED) is 0.535. The van der Waals surface area contributed by atoms with Crippen molar-refractivity contribution in [3.05, 3.63) is 30.3 Å². The molecule has 2 bridgehead atoms. The van der Waals surface area contributed by atoms with Crippen LogP contribution in [0.4, 0.5) is 5.69 Å². The summed E-state index contributed by atoms with van der Waals surface area (Å²) in [6.07, 6.45) is 1.22. The number of fused-ring (bicyclic) bond motifs is 1. The van der Waals surface area contributed by atoms with E-state index in [4.69, 9.17) is 4.74 Å². The molecule has 3 aliphatic heterocycles. The zero-order valence-corrected chi connectivity index (χ0v) is 22.5. The monoisotopic (exact) mass is 499 g/mol. The number of anilines is 1. The van der Waals surface area contributed by atoms with Gasteiger partial charge in [0.05, 0.1) is 30.1 Å². The lowest BCUT2D eigenvalue weighted by Gasteiger charge is -2.40. The number of amides is 3. The molecule has 0 aromatic heterocycles. The van der Waals surface area contributed by atoms with E-state index in [1.54, 1.807) is 17.0 Å². The van der Waals surface area contributed by atoms with E-state index < -0.39 is 40.7 Å². The average molecular weight is 500 g/mol. The predicted octanol–water partition coefficient (Wildman–Crippen LogP) is 2.96. The van der Waals surface area contributed by atoms with Crippen LogP contribution in [-0.2, 0) is 19.1 Å². The Labute approximate surface area is 214 Å². The molecular formula is C28H41N3O5. The van der Waals surface area contributed by atoms with Crippen molar-refractivity contribution in [2.45, 2.75) is 90.1 Å². The number of nitrogens with zero attached hydrogens (tertiary/aromatic N) is 1. The van der Waals surface area contributed by atoms with Crippen molar-refractivity contribution in [1.29, 1.82) is 0 Å². The van der Waals surface area contributed by atoms with E-state index in [1.165, 1.54) is 0 Å². The van der Waals surface area contributed by atoms with Crippen molar-refractivity contribution < 1.29 is 24.2 Å². The van der Waals surface area contributed by atoms with Crippen molar-refractivity contribution in [2.75, 3.05) is 11.9 Å². The van der Waals surface area contributed by atoms with Crippen molar-refractivity contribution >= 4 is 23.4 Å². The van der Waals surface area contributed by atoms with E-state index in [9.17, 15) is 19.5 Å². The highest BCUT2D eigenvalue weighted by Gasteiger charge is 2.80. The Bertz CT molecular complexity index is 1020. The van der Waals surface area contributed by atoms with Crippen LogP contribution in [0, 0.1) is 23.7 Å². The van der Waals surface area contributed by atoms with E-state index in [-0.39, 0.29) is 36.2 Å². The Kier molecular flexibility index (Phi) is 6.75. The first kappa shape index (κ1) is 26.6. The second-order valence-corrected chi connectivity index (χ2v) is 12.2. The minimum atomic E-state index is -1.14. The number of nitrogens with one attached hydrogen (secondary N) is 2. The Morgan fingerprint density at radius 3 is 2.42 bits per heavy atom. The fourth-order valence-electron chi connectivity index (χ4n) is 6.73. The van der Waals surface area contributed by atoms with Gasteiger partial charge in [-0.15, -0.1) is 0 Å². The van der Waals surface area contributed by atoms with E-state index >= 15 is 0 Å². The molecule has 1 aromatic carbocycles. The summed E-state index contributed by atoms with van der Waals surface area (Å²) < 4.78 is 6.75. The van der Waals surface area contributed by atoms with E-state index in [0.29, 0.717) is 12.1 Å². The maximum atomic E-state index is 14.3. The van der Waals surface area contributed by atoms with Gasteiger partial charge in [-0.25, -0.2) is 0 Å².